The molecule has 112 valence electrons. The lowest BCUT2D eigenvalue weighted by atomic mass is 10.2. The third-order valence-corrected chi connectivity index (χ3v) is 4.43. The molecule has 0 saturated heterocycles. The second-order valence-corrected chi connectivity index (χ2v) is 6.50. The maximum atomic E-state index is 13.1. The molecule has 2 aromatic carbocycles. The molecule has 0 aliphatic carbocycles. The van der Waals surface area contributed by atoms with E-state index in [0.29, 0.717) is 6.54 Å². The summed E-state index contributed by atoms with van der Waals surface area (Å²) in [6.07, 6.45) is 0. The predicted molar refractivity (Wildman–Crippen MR) is 81.4 cm³/mol. The molecule has 0 radical (unpaired) electrons. The molecular weight excluding hydrogens is 315 g/mol. The number of hydrogen-bond acceptors (Lipinski definition) is 3. The van der Waals surface area contributed by atoms with Crippen LogP contribution < -0.4 is 10.0 Å². The summed E-state index contributed by atoms with van der Waals surface area (Å²) in [5.74, 6) is -0.601. The molecule has 2 N–H and O–H groups in total. The van der Waals surface area contributed by atoms with E-state index in [1.165, 1.54) is 18.2 Å². The number of rotatable bonds is 5. The highest BCUT2D eigenvalue weighted by Crippen LogP contribution is 2.22. The van der Waals surface area contributed by atoms with Crippen LogP contribution in [0, 0.1) is 5.82 Å². The van der Waals surface area contributed by atoms with Crippen LogP contribution in [0.15, 0.2) is 47.4 Å². The molecule has 7 heteroatoms. The molecule has 0 spiro atoms. The Morgan fingerprint density at radius 1 is 1.19 bits per heavy atom. The second kappa shape index (κ2) is 6.43. The van der Waals surface area contributed by atoms with Gasteiger partial charge in [0.1, 0.15) is 5.82 Å². The van der Waals surface area contributed by atoms with Crippen molar-refractivity contribution in [1.29, 1.82) is 0 Å². The van der Waals surface area contributed by atoms with E-state index in [1.54, 1.807) is 19.2 Å². The first-order valence-corrected chi connectivity index (χ1v) is 8.00. The van der Waals surface area contributed by atoms with Crippen LogP contribution >= 0.6 is 11.6 Å². The summed E-state index contributed by atoms with van der Waals surface area (Å²) in [4.78, 5) is 0.135. The zero-order chi connectivity index (χ0) is 15.5. The van der Waals surface area contributed by atoms with Crippen molar-refractivity contribution in [3.8, 4) is 0 Å². The molecule has 0 aromatic heterocycles. The largest absolute Gasteiger partial charge is 0.316 e. The van der Waals surface area contributed by atoms with Gasteiger partial charge in [-0.1, -0.05) is 23.7 Å². The fourth-order valence-electron chi connectivity index (χ4n) is 1.80. The molecule has 0 fully saturated rings. The van der Waals surface area contributed by atoms with Crippen LogP contribution in [0.5, 0.6) is 0 Å². The van der Waals surface area contributed by atoms with Gasteiger partial charge in [0.2, 0.25) is 0 Å². The number of halogens is 2. The SMILES string of the molecule is CNCc1cccc(S(=O)(=O)Nc2ccc(F)c(Cl)c2)c1. The molecule has 0 bridgehead atoms. The summed E-state index contributed by atoms with van der Waals surface area (Å²) < 4.78 is 40.0. The summed E-state index contributed by atoms with van der Waals surface area (Å²) in [7, 11) is -1.96. The Kier molecular flexibility index (Phi) is 4.82. The Morgan fingerprint density at radius 2 is 1.95 bits per heavy atom. The normalized spacial score (nSPS) is 11.4. The molecule has 21 heavy (non-hydrogen) atoms. The molecule has 0 aliphatic rings. The average molecular weight is 329 g/mol. The van der Waals surface area contributed by atoms with Gasteiger partial charge < -0.3 is 5.32 Å². The van der Waals surface area contributed by atoms with Crippen LogP contribution in [0.4, 0.5) is 10.1 Å². The van der Waals surface area contributed by atoms with Crippen LogP contribution in [-0.2, 0) is 16.6 Å². The molecule has 0 heterocycles. The summed E-state index contributed by atoms with van der Waals surface area (Å²) in [5.41, 5.74) is 1.05. The van der Waals surface area contributed by atoms with Crippen molar-refractivity contribution in [2.45, 2.75) is 11.4 Å². The van der Waals surface area contributed by atoms with E-state index in [2.05, 4.69) is 10.0 Å². The van der Waals surface area contributed by atoms with Crippen LogP contribution in [0.3, 0.4) is 0 Å². The van der Waals surface area contributed by atoms with E-state index in [4.69, 9.17) is 11.6 Å². The summed E-state index contributed by atoms with van der Waals surface area (Å²) in [6.45, 7) is 0.561. The van der Waals surface area contributed by atoms with Gasteiger partial charge in [-0.2, -0.15) is 0 Å². The van der Waals surface area contributed by atoms with Crippen molar-refractivity contribution in [1.82, 2.24) is 5.32 Å². The van der Waals surface area contributed by atoms with Gasteiger partial charge in [0.25, 0.3) is 10.0 Å². The summed E-state index contributed by atoms with van der Waals surface area (Å²) in [6, 6.07) is 10.2. The molecule has 0 atom stereocenters. The van der Waals surface area contributed by atoms with Gasteiger partial charge >= 0.3 is 0 Å². The standard InChI is InChI=1S/C14H14ClFN2O2S/c1-17-9-10-3-2-4-12(7-10)21(19,20)18-11-5-6-14(16)13(15)8-11/h2-8,17-18H,9H2,1H3. The van der Waals surface area contributed by atoms with Crippen LogP contribution in [0.2, 0.25) is 5.02 Å². The Labute approximate surface area is 128 Å². The van der Waals surface area contributed by atoms with Gasteiger partial charge in [-0.15, -0.1) is 0 Å². The summed E-state index contributed by atoms with van der Waals surface area (Å²) >= 11 is 5.64. The number of hydrogen-bond donors (Lipinski definition) is 2. The highest BCUT2D eigenvalue weighted by atomic mass is 35.5. The average Bonchev–Trinajstić information content (AvgIpc) is 2.43. The third-order valence-electron chi connectivity index (χ3n) is 2.76. The van der Waals surface area contributed by atoms with Crippen molar-refractivity contribution in [3.63, 3.8) is 0 Å². The molecule has 2 rings (SSSR count). The fraction of sp³-hybridized carbons (Fsp3) is 0.143. The lowest BCUT2D eigenvalue weighted by molar-refractivity contribution is 0.600. The number of nitrogens with one attached hydrogen (secondary N) is 2. The maximum absolute atomic E-state index is 13.1. The van der Waals surface area contributed by atoms with E-state index in [1.807, 2.05) is 6.07 Å². The van der Waals surface area contributed by atoms with Crippen molar-refractivity contribution < 1.29 is 12.8 Å². The highest BCUT2D eigenvalue weighted by Gasteiger charge is 2.15. The Balaban J connectivity index is 2.29. The zero-order valence-corrected chi connectivity index (χ0v) is 12.8. The first-order chi connectivity index (χ1) is 9.92. The van der Waals surface area contributed by atoms with Crippen LogP contribution in [-0.4, -0.2) is 15.5 Å². The van der Waals surface area contributed by atoms with Crippen LogP contribution in [0.1, 0.15) is 5.56 Å². The lowest BCUT2D eigenvalue weighted by Crippen LogP contribution is -2.14. The van der Waals surface area contributed by atoms with E-state index >= 15 is 0 Å². The smallest absolute Gasteiger partial charge is 0.261 e. The van der Waals surface area contributed by atoms with Crippen molar-refractivity contribution in [2.24, 2.45) is 0 Å². The molecule has 0 amide bonds. The van der Waals surface area contributed by atoms with E-state index in [0.717, 1.165) is 11.6 Å². The number of sulfonamides is 1. The molecule has 0 saturated carbocycles. The first kappa shape index (κ1) is 15.8. The Hall–Kier alpha value is -1.63. The van der Waals surface area contributed by atoms with Gasteiger partial charge in [0.15, 0.2) is 0 Å². The van der Waals surface area contributed by atoms with E-state index in [-0.39, 0.29) is 15.6 Å². The Morgan fingerprint density at radius 3 is 2.62 bits per heavy atom. The quantitative estimate of drug-likeness (QED) is 0.887. The predicted octanol–water partition coefficient (Wildman–Crippen LogP) is 3.00. The van der Waals surface area contributed by atoms with Gasteiger partial charge in [-0.3, -0.25) is 4.72 Å². The van der Waals surface area contributed by atoms with Gasteiger partial charge in [0.05, 0.1) is 15.6 Å². The zero-order valence-electron chi connectivity index (χ0n) is 11.2. The lowest BCUT2D eigenvalue weighted by Gasteiger charge is -2.10. The molecular formula is C14H14ClFN2O2S. The van der Waals surface area contributed by atoms with Crippen molar-refractivity contribution in [2.75, 3.05) is 11.8 Å². The van der Waals surface area contributed by atoms with Gasteiger partial charge in [-0.05, 0) is 42.9 Å². The first-order valence-electron chi connectivity index (χ1n) is 6.14. The van der Waals surface area contributed by atoms with Crippen LogP contribution in [0.25, 0.3) is 0 Å². The molecule has 4 nitrogen and oxygen atoms in total. The number of benzene rings is 2. The highest BCUT2D eigenvalue weighted by molar-refractivity contribution is 7.92. The number of anilines is 1. The molecule has 0 unspecified atom stereocenters. The molecule has 0 aliphatic heterocycles. The minimum absolute atomic E-state index is 0.135. The monoisotopic (exact) mass is 328 g/mol. The minimum atomic E-state index is -3.74. The maximum Gasteiger partial charge on any atom is 0.261 e. The van der Waals surface area contributed by atoms with Gasteiger partial charge in [0, 0.05) is 6.54 Å². The minimum Gasteiger partial charge on any atom is -0.316 e. The van der Waals surface area contributed by atoms with Gasteiger partial charge in [-0.25, -0.2) is 12.8 Å². The second-order valence-electron chi connectivity index (χ2n) is 4.41. The van der Waals surface area contributed by atoms with E-state index in [9.17, 15) is 12.8 Å². The fourth-order valence-corrected chi connectivity index (χ4v) is 3.10. The molecule has 2 aromatic rings. The topological polar surface area (TPSA) is 58.2 Å². The van der Waals surface area contributed by atoms with E-state index < -0.39 is 15.8 Å². The van der Waals surface area contributed by atoms with Crippen molar-refractivity contribution >= 4 is 27.3 Å². The Bertz CT molecular complexity index is 750. The van der Waals surface area contributed by atoms with Crippen molar-refractivity contribution in [3.05, 3.63) is 58.9 Å². The summed E-state index contributed by atoms with van der Waals surface area (Å²) in [5, 5.41) is 2.81. The third kappa shape index (κ3) is 3.93.